The molecule has 0 saturated heterocycles. The van der Waals surface area contributed by atoms with Crippen LogP contribution in [0.3, 0.4) is 0 Å². The van der Waals surface area contributed by atoms with Crippen LogP contribution in [-0.4, -0.2) is 29.6 Å². The first-order valence-corrected chi connectivity index (χ1v) is 6.11. The van der Waals surface area contributed by atoms with Crippen molar-refractivity contribution in [1.82, 2.24) is 10.3 Å². The molecule has 0 spiro atoms. The predicted octanol–water partition coefficient (Wildman–Crippen LogP) is 2.46. The predicted molar refractivity (Wildman–Crippen MR) is 69.3 cm³/mol. The average molecular weight is 288 g/mol. The smallest absolute Gasteiger partial charge is 0.435 e. The van der Waals surface area contributed by atoms with Crippen LogP contribution in [0.25, 0.3) is 0 Å². The summed E-state index contributed by atoms with van der Waals surface area (Å²) in [4.78, 5) is 18.4. The van der Waals surface area contributed by atoms with Crippen molar-refractivity contribution in [1.29, 1.82) is 0 Å². The molecule has 2 rings (SSSR count). The van der Waals surface area contributed by atoms with Gasteiger partial charge in [0.1, 0.15) is 11.0 Å². The molecule has 1 N–H and O–H groups in total. The van der Waals surface area contributed by atoms with E-state index in [1.54, 1.807) is 12.3 Å². The largest absolute Gasteiger partial charge is 0.440 e. The second kappa shape index (κ2) is 5.54. The zero-order chi connectivity index (χ0) is 13.1. The van der Waals surface area contributed by atoms with Gasteiger partial charge in [-0.3, -0.25) is 0 Å². The van der Waals surface area contributed by atoms with Gasteiger partial charge < -0.3 is 10.1 Å². The summed E-state index contributed by atoms with van der Waals surface area (Å²) >= 11 is 11.6. The van der Waals surface area contributed by atoms with Gasteiger partial charge in [-0.25, -0.2) is 9.78 Å². The molecule has 1 aliphatic rings. The minimum absolute atomic E-state index is 0.0808. The highest BCUT2D eigenvalue weighted by Gasteiger charge is 2.16. The molecule has 0 radical (unpaired) electrons. The summed E-state index contributed by atoms with van der Waals surface area (Å²) in [6.07, 6.45) is 1.81. The molecule has 0 aromatic carbocycles. The normalized spacial score (nSPS) is 16.2. The molecule has 1 amide bonds. The maximum Gasteiger partial charge on any atom is 0.435 e. The van der Waals surface area contributed by atoms with Gasteiger partial charge in [-0.2, -0.15) is 4.99 Å². The van der Waals surface area contributed by atoms with E-state index < -0.39 is 6.09 Å². The second-order valence-corrected chi connectivity index (χ2v) is 4.74. The molecular formula is C11H11Cl2N3O2. The Bertz CT molecular complexity index is 505. The van der Waals surface area contributed by atoms with Gasteiger partial charge in [0.25, 0.3) is 0 Å². The summed E-state index contributed by atoms with van der Waals surface area (Å²) in [6, 6.07) is 1.85. The van der Waals surface area contributed by atoms with Crippen molar-refractivity contribution >= 4 is 35.1 Å². The fourth-order valence-electron chi connectivity index (χ4n) is 1.64. The lowest BCUT2D eigenvalue weighted by Crippen LogP contribution is -2.34. The molecule has 7 heteroatoms. The van der Waals surface area contributed by atoms with E-state index in [2.05, 4.69) is 15.3 Å². The topological polar surface area (TPSA) is 63.6 Å². The first-order valence-electron chi connectivity index (χ1n) is 5.35. The summed E-state index contributed by atoms with van der Waals surface area (Å²) in [5, 5.41) is 3.81. The van der Waals surface area contributed by atoms with Gasteiger partial charge >= 0.3 is 6.09 Å². The Hall–Kier alpha value is -1.33. The number of carbonyl (C=O) groups is 1. The van der Waals surface area contributed by atoms with E-state index in [0.29, 0.717) is 22.4 Å². The molecule has 1 unspecified atom stereocenters. The minimum atomic E-state index is -0.555. The van der Waals surface area contributed by atoms with Crippen molar-refractivity contribution in [2.75, 3.05) is 6.61 Å². The van der Waals surface area contributed by atoms with E-state index in [-0.39, 0.29) is 12.6 Å². The number of nitrogens with zero attached hydrogens (tertiary/aromatic N) is 2. The maximum atomic E-state index is 10.8. The van der Waals surface area contributed by atoms with Gasteiger partial charge in [0.15, 0.2) is 6.61 Å². The van der Waals surface area contributed by atoms with Crippen molar-refractivity contribution in [2.24, 2.45) is 4.99 Å². The number of amidine groups is 1. The van der Waals surface area contributed by atoms with E-state index >= 15 is 0 Å². The number of aliphatic imine (C=N–C) groups is 1. The van der Waals surface area contributed by atoms with Gasteiger partial charge in [-0.15, -0.1) is 0 Å². The third-order valence-corrected chi connectivity index (χ3v) is 3.05. The van der Waals surface area contributed by atoms with E-state index in [1.807, 2.05) is 6.92 Å². The molecular weight excluding hydrogens is 277 g/mol. The van der Waals surface area contributed by atoms with Crippen LogP contribution in [0.2, 0.25) is 10.2 Å². The Morgan fingerprint density at radius 2 is 2.33 bits per heavy atom. The Morgan fingerprint density at radius 3 is 2.94 bits per heavy atom. The van der Waals surface area contributed by atoms with Crippen LogP contribution in [0.4, 0.5) is 4.79 Å². The number of amides is 1. The average Bonchev–Trinajstić information content (AvgIpc) is 2.69. The van der Waals surface area contributed by atoms with Crippen molar-refractivity contribution in [2.45, 2.75) is 19.4 Å². The van der Waals surface area contributed by atoms with Gasteiger partial charge in [-0.1, -0.05) is 23.2 Å². The number of cyclic esters (lactones) is 1. The molecule has 18 heavy (non-hydrogen) atoms. The zero-order valence-corrected chi connectivity index (χ0v) is 11.1. The number of ether oxygens (including phenoxy) is 1. The van der Waals surface area contributed by atoms with E-state index in [0.717, 1.165) is 5.56 Å². The van der Waals surface area contributed by atoms with Crippen LogP contribution in [-0.2, 0) is 11.2 Å². The third kappa shape index (κ3) is 3.34. The number of nitrogens with one attached hydrogen (secondary N) is 1. The number of carbonyl (C=O) groups excluding carboxylic acids is 1. The fourth-order valence-corrected chi connectivity index (χ4v) is 1.93. The molecule has 0 fully saturated rings. The summed E-state index contributed by atoms with van der Waals surface area (Å²) in [7, 11) is 0. The molecule has 1 aromatic heterocycles. The van der Waals surface area contributed by atoms with Crippen LogP contribution in [0.5, 0.6) is 0 Å². The number of aromatic nitrogens is 1. The maximum absolute atomic E-state index is 10.8. The van der Waals surface area contributed by atoms with Crippen molar-refractivity contribution < 1.29 is 9.53 Å². The van der Waals surface area contributed by atoms with E-state index in [1.165, 1.54) is 0 Å². The first-order chi connectivity index (χ1) is 8.54. The Kier molecular flexibility index (Phi) is 4.04. The third-order valence-electron chi connectivity index (χ3n) is 2.37. The number of rotatable bonds is 3. The summed E-state index contributed by atoms with van der Waals surface area (Å²) < 4.78 is 4.70. The first kappa shape index (κ1) is 13.1. The quantitative estimate of drug-likeness (QED) is 0.868. The zero-order valence-electron chi connectivity index (χ0n) is 9.61. The summed E-state index contributed by atoms with van der Waals surface area (Å²) in [6.45, 7) is 2.16. The highest BCUT2D eigenvalue weighted by atomic mass is 35.5. The lowest BCUT2D eigenvalue weighted by Gasteiger charge is -2.14. The minimum Gasteiger partial charge on any atom is -0.440 e. The number of hydrogen-bond donors (Lipinski definition) is 1. The van der Waals surface area contributed by atoms with Gasteiger partial charge in [-0.05, 0) is 25.0 Å². The SMILES string of the molecule is CC(Cc1cnc(Cl)c(Cl)c1)NC1=NC(=O)OC1. The summed E-state index contributed by atoms with van der Waals surface area (Å²) in [5.41, 5.74) is 0.954. The van der Waals surface area contributed by atoms with Crippen LogP contribution in [0.1, 0.15) is 12.5 Å². The van der Waals surface area contributed by atoms with Crippen molar-refractivity contribution in [3.8, 4) is 0 Å². The van der Waals surface area contributed by atoms with Crippen molar-refractivity contribution in [3.05, 3.63) is 28.0 Å². The number of hydrogen-bond acceptors (Lipinski definition) is 4. The highest BCUT2D eigenvalue weighted by molar-refractivity contribution is 6.41. The van der Waals surface area contributed by atoms with E-state index in [4.69, 9.17) is 27.9 Å². The molecule has 0 aliphatic carbocycles. The lowest BCUT2D eigenvalue weighted by molar-refractivity contribution is 0.180. The molecule has 96 valence electrons. The Labute approximate surface area is 114 Å². The molecule has 0 bridgehead atoms. The van der Waals surface area contributed by atoms with Crippen LogP contribution >= 0.6 is 23.2 Å². The summed E-state index contributed by atoms with van der Waals surface area (Å²) in [5.74, 6) is 0.542. The van der Waals surface area contributed by atoms with Crippen LogP contribution in [0.15, 0.2) is 17.3 Å². The van der Waals surface area contributed by atoms with Crippen molar-refractivity contribution in [3.63, 3.8) is 0 Å². The second-order valence-electron chi connectivity index (χ2n) is 3.98. The Balaban J connectivity index is 1.94. The fraction of sp³-hybridized carbons (Fsp3) is 0.364. The molecule has 1 aliphatic heterocycles. The highest BCUT2D eigenvalue weighted by Crippen LogP contribution is 2.20. The van der Waals surface area contributed by atoms with Gasteiger partial charge in [0.2, 0.25) is 0 Å². The standard InChI is InChI=1S/C11H11Cl2N3O2/c1-6(15-9-5-18-11(17)16-9)2-7-3-8(12)10(13)14-4-7/h3-4,6H,2,5H2,1H3,(H,15,16,17). The van der Waals surface area contributed by atoms with E-state index in [9.17, 15) is 4.79 Å². The van der Waals surface area contributed by atoms with Crippen LogP contribution < -0.4 is 5.32 Å². The molecule has 5 nitrogen and oxygen atoms in total. The molecule has 1 aromatic rings. The Morgan fingerprint density at radius 1 is 1.56 bits per heavy atom. The molecule has 0 saturated carbocycles. The van der Waals surface area contributed by atoms with Gasteiger partial charge in [0, 0.05) is 12.2 Å². The van der Waals surface area contributed by atoms with Gasteiger partial charge in [0.05, 0.1) is 5.02 Å². The number of halogens is 2. The molecule has 2 heterocycles. The number of pyridine rings is 1. The van der Waals surface area contributed by atoms with Crippen LogP contribution in [0, 0.1) is 0 Å². The monoisotopic (exact) mass is 287 g/mol. The lowest BCUT2D eigenvalue weighted by atomic mass is 10.1. The molecule has 1 atom stereocenters.